The normalized spacial score (nSPS) is 11.4. The summed E-state index contributed by atoms with van der Waals surface area (Å²) in [5, 5.41) is 28.8. The van der Waals surface area contributed by atoms with Crippen LogP contribution in [0.4, 0.5) is 19.0 Å². The number of hydrogen-bond donors (Lipinski definition) is 2. The van der Waals surface area contributed by atoms with E-state index in [0.717, 1.165) is 5.56 Å². The minimum atomic E-state index is -4.79. The maximum atomic E-state index is 12.4. The molecule has 1 atom stereocenters. The number of aliphatic hydroxyl groups is 1. The fourth-order valence-electron chi connectivity index (χ4n) is 2.81. The van der Waals surface area contributed by atoms with E-state index < -0.39 is 18.9 Å². The Bertz CT molecular complexity index is 1210. The van der Waals surface area contributed by atoms with Gasteiger partial charge in [0.25, 0.3) is 0 Å². The maximum absolute atomic E-state index is 12.4. The lowest BCUT2D eigenvalue weighted by atomic mass is 9.97. The van der Waals surface area contributed by atoms with Crippen LogP contribution in [0.1, 0.15) is 30.5 Å². The molecule has 2 heterocycles. The lowest BCUT2D eigenvalue weighted by Gasteiger charge is -2.16. The van der Waals surface area contributed by atoms with Crippen molar-refractivity contribution in [1.82, 2.24) is 9.97 Å². The van der Waals surface area contributed by atoms with Crippen molar-refractivity contribution in [3.05, 3.63) is 65.5 Å². The second kappa shape index (κ2) is 12.6. The molecule has 0 aliphatic rings. The van der Waals surface area contributed by atoms with E-state index in [-0.39, 0.29) is 28.3 Å². The molecule has 35 heavy (non-hydrogen) atoms. The highest BCUT2D eigenvalue weighted by atomic mass is 32.2. The Balaban J connectivity index is 0.00000210. The first-order chi connectivity index (χ1) is 16.7. The maximum Gasteiger partial charge on any atom is 0.417 e. The predicted molar refractivity (Wildman–Crippen MR) is 126 cm³/mol. The van der Waals surface area contributed by atoms with Gasteiger partial charge < -0.3 is 15.6 Å². The zero-order chi connectivity index (χ0) is 26.0. The summed E-state index contributed by atoms with van der Waals surface area (Å²) in [6, 6.07) is 13.4. The van der Waals surface area contributed by atoms with Crippen LogP contribution in [0.3, 0.4) is 0 Å². The molecule has 0 saturated carbocycles. The van der Waals surface area contributed by atoms with Crippen molar-refractivity contribution in [2.45, 2.75) is 36.9 Å². The van der Waals surface area contributed by atoms with Crippen LogP contribution < -0.4 is 10.5 Å². The summed E-state index contributed by atoms with van der Waals surface area (Å²) in [5.74, 6) is 0.496. The molecule has 182 valence electrons. The van der Waals surface area contributed by atoms with E-state index in [1.807, 2.05) is 26.0 Å². The highest BCUT2D eigenvalue weighted by molar-refractivity contribution is 7.98. The molecule has 0 saturated heterocycles. The van der Waals surface area contributed by atoms with E-state index in [1.165, 1.54) is 36.0 Å². The van der Waals surface area contributed by atoms with E-state index in [2.05, 4.69) is 16.0 Å². The monoisotopic (exact) mass is 501 g/mol. The number of aromatic nitrogens is 2. The number of nitrogens with two attached hydrogens (primary N) is 1. The molecule has 1 aromatic carbocycles. The van der Waals surface area contributed by atoms with Gasteiger partial charge in [-0.3, -0.25) is 4.98 Å². The number of nitrogens with zero attached hydrogens (tertiary/aromatic N) is 4. The molecule has 3 N–H and O–H groups in total. The van der Waals surface area contributed by atoms with Gasteiger partial charge in [0.1, 0.15) is 40.9 Å². The Morgan fingerprint density at radius 2 is 1.77 bits per heavy atom. The van der Waals surface area contributed by atoms with Crippen molar-refractivity contribution in [3.63, 3.8) is 0 Å². The SMILES string of the molecule is CC.N#Cc1c(N)nc(SCc2cccnc2)c(C#N)c1-c1ccc(OCC(O)C(F)(F)F)cc1. The van der Waals surface area contributed by atoms with Crippen LogP contribution in [0.25, 0.3) is 11.1 Å². The first kappa shape index (κ1) is 27.4. The molecular weight excluding hydrogens is 479 g/mol. The summed E-state index contributed by atoms with van der Waals surface area (Å²) in [6.45, 7) is 3.03. The number of thioether (sulfide) groups is 1. The van der Waals surface area contributed by atoms with Gasteiger partial charge in [-0.2, -0.15) is 23.7 Å². The number of benzene rings is 1. The first-order valence-corrected chi connectivity index (χ1v) is 11.4. The highest BCUT2D eigenvalue weighted by Gasteiger charge is 2.38. The van der Waals surface area contributed by atoms with Crippen LogP contribution in [-0.4, -0.2) is 34.0 Å². The van der Waals surface area contributed by atoms with Gasteiger partial charge in [0.2, 0.25) is 0 Å². The van der Waals surface area contributed by atoms with E-state index in [0.29, 0.717) is 16.3 Å². The number of anilines is 1. The molecule has 0 radical (unpaired) electrons. The molecule has 3 aromatic rings. The number of pyridine rings is 2. The standard InChI is InChI=1S/C22H16F3N5O2S.C2H6/c23-22(24,25)18(31)11-32-15-5-3-14(4-6-15)19-16(8-26)20(28)30-21(17(19)9-27)33-12-13-2-1-7-29-10-13;1-2/h1-7,10,18,31H,11-12H2,(H2,28,30);1-2H3. The van der Waals surface area contributed by atoms with Gasteiger partial charge in [0.05, 0.1) is 5.56 Å². The van der Waals surface area contributed by atoms with E-state index >= 15 is 0 Å². The molecule has 0 amide bonds. The summed E-state index contributed by atoms with van der Waals surface area (Å²) in [5.41, 5.74) is 7.75. The Morgan fingerprint density at radius 3 is 2.31 bits per heavy atom. The van der Waals surface area contributed by atoms with E-state index in [4.69, 9.17) is 15.6 Å². The number of hydrogen-bond acceptors (Lipinski definition) is 8. The van der Waals surface area contributed by atoms with Gasteiger partial charge in [0, 0.05) is 23.7 Å². The molecule has 3 rings (SSSR count). The Hall–Kier alpha value is -3.80. The van der Waals surface area contributed by atoms with Gasteiger partial charge in [-0.25, -0.2) is 4.98 Å². The van der Waals surface area contributed by atoms with Crippen molar-refractivity contribution >= 4 is 17.6 Å². The van der Waals surface area contributed by atoms with Gasteiger partial charge in [-0.15, -0.1) is 11.8 Å². The Kier molecular flexibility index (Phi) is 9.88. The summed E-state index contributed by atoms with van der Waals surface area (Å²) in [7, 11) is 0. The molecular formula is C24H22F3N5O2S. The van der Waals surface area contributed by atoms with Gasteiger partial charge in [-0.05, 0) is 29.3 Å². The van der Waals surface area contributed by atoms with Crippen molar-refractivity contribution in [1.29, 1.82) is 10.5 Å². The second-order valence-corrected chi connectivity index (χ2v) is 7.66. The Morgan fingerprint density at radius 1 is 1.11 bits per heavy atom. The molecule has 7 nitrogen and oxygen atoms in total. The summed E-state index contributed by atoms with van der Waals surface area (Å²) < 4.78 is 42.3. The van der Waals surface area contributed by atoms with Crippen molar-refractivity contribution < 1.29 is 23.0 Å². The Labute approximate surface area is 205 Å². The summed E-state index contributed by atoms with van der Waals surface area (Å²) in [6.07, 6.45) is -4.09. The number of rotatable bonds is 7. The van der Waals surface area contributed by atoms with Crippen molar-refractivity contribution in [2.75, 3.05) is 12.3 Å². The number of aliphatic hydroxyl groups excluding tert-OH is 1. The number of alkyl halides is 3. The predicted octanol–water partition coefficient (Wildman–Crippen LogP) is 5.09. The van der Waals surface area contributed by atoms with Crippen molar-refractivity contribution in [3.8, 4) is 29.0 Å². The molecule has 0 aliphatic heterocycles. The number of halogens is 3. The van der Waals surface area contributed by atoms with Gasteiger partial charge in [0.15, 0.2) is 6.10 Å². The zero-order valence-corrected chi connectivity index (χ0v) is 19.7. The van der Waals surface area contributed by atoms with Crippen LogP contribution in [0.2, 0.25) is 0 Å². The molecule has 2 aromatic heterocycles. The average Bonchev–Trinajstić information content (AvgIpc) is 2.87. The summed E-state index contributed by atoms with van der Waals surface area (Å²) in [4.78, 5) is 8.26. The average molecular weight is 502 g/mol. The van der Waals surface area contributed by atoms with Gasteiger partial charge in [-0.1, -0.05) is 32.0 Å². The largest absolute Gasteiger partial charge is 0.491 e. The summed E-state index contributed by atoms with van der Waals surface area (Å²) >= 11 is 1.26. The topological polar surface area (TPSA) is 129 Å². The van der Waals surface area contributed by atoms with Crippen molar-refractivity contribution in [2.24, 2.45) is 0 Å². The molecule has 0 aliphatic carbocycles. The molecule has 0 spiro atoms. The van der Waals surface area contributed by atoms with Crippen LogP contribution in [0.15, 0.2) is 53.8 Å². The first-order valence-electron chi connectivity index (χ1n) is 10.4. The lowest BCUT2D eigenvalue weighted by molar-refractivity contribution is -0.210. The smallest absolute Gasteiger partial charge is 0.417 e. The third-order valence-electron chi connectivity index (χ3n) is 4.44. The molecule has 0 fully saturated rings. The molecule has 11 heteroatoms. The number of nitrogen functional groups attached to an aromatic ring is 1. The second-order valence-electron chi connectivity index (χ2n) is 6.69. The lowest BCUT2D eigenvalue weighted by Crippen LogP contribution is -2.34. The zero-order valence-electron chi connectivity index (χ0n) is 18.9. The molecule has 1 unspecified atom stereocenters. The van der Waals surface area contributed by atoms with Crippen LogP contribution in [0.5, 0.6) is 5.75 Å². The molecule has 0 bridgehead atoms. The fraction of sp³-hybridized carbons (Fsp3) is 0.250. The van der Waals surface area contributed by atoms with Crippen LogP contribution >= 0.6 is 11.8 Å². The van der Waals surface area contributed by atoms with Gasteiger partial charge >= 0.3 is 6.18 Å². The van der Waals surface area contributed by atoms with Crippen LogP contribution in [0, 0.1) is 22.7 Å². The van der Waals surface area contributed by atoms with E-state index in [1.54, 1.807) is 18.5 Å². The quantitative estimate of drug-likeness (QED) is 0.428. The van der Waals surface area contributed by atoms with Crippen LogP contribution in [-0.2, 0) is 5.75 Å². The highest BCUT2D eigenvalue weighted by Crippen LogP contribution is 2.37. The third kappa shape index (κ3) is 7.09. The fourth-order valence-corrected chi connectivity index (χ4v) is 3.74. The minimum Gasteiger partial charge on any atom is -0.491 e. The number of ether oxygens (including phenoxy) is 1. The van der Waals surface area contributed by atoms with E-state index in [9.17, 15) is 23.7 Å². The number of nitriles is 2. The third-order valence-corrected chi connectivity index (χ3v) is 5.49. The minimum absolute atomic E-state index is 0.0124.